The van der Waals surface area contributed by atoms with Crippen LogP contribution in [0.4, 0.5) is 0 Å². The standard InChI is InChI=1S/C23H24O8/c1-26-17-6-11(7-18(27-2)22(17)28-3)19-13-8-15-16(31-10-30-15)9-14(13)21(24)12-4-5-29-23(25)20(12)19/h6-9,12,19-21,24H,4-5,10H2,1-3H3/t12-,19+,20+,21+/m0/s1. The molecular weight excluding hydrogens is 404 g/mol. The zero-order chi connectivity index (χ0) is 21.7. The van der Waals surface area contributed by atoms with Gasteiger partial charge < -0.3 is 33.5 Å². The minimum atomic E-state index is -0.805. The lowest BCUT2D eigenvalue weighted by atomic mass is 9.63. The summed E-state index contributed by atoms with van der Waals surface area (Å²) in [5, 5.41) is 11.2. The lowest BCUT2D eigenvalue weighted by Gasteiger charge is -2.43. The van der Waals surface area contributed by atoms with E-state index in [0.717, 1.165) is 16.7 Å². The molecule has 8 nitrogen and oxygen atoms in total. The summed E-state index contributed by atoms with van der Waals surface area (Å²) in [4.78, 5) is 13.0. The van der Waals surface area contributed by atoms with Gasteiger partial charge in [-0.2, -0.15) is 0 Å². The molecule has 1 aliphatic carbocycles. The highest BCUT2D eigenvalue weighted by Gasteiger charge is 2.50. The molecule has 2 aromatic rings. The van der Waals surface area contributed by atoms with Crippen LogP contribution in [0.3, 0.4) is 0 Å². The number of carbonyl (C=O) groups is 1. The Balaban J connectivity index is 1.75. The predicted octanol–water partition coefficient (Wildman–Crippen LogP) is 2.80. The molecule has 3 aliphatic rings. The molecule has 1 N–H and O–H groups in total. The van der Waals surface area contributed by atoms with Crippen molar-refractivity contribution in [1.82, 2.24) is 0 Å². The molecule has 31 heavy (non-hydrogen) atoms. The number of carbonyl (C=O) groups excluding carboxylic acids is 1. The maximum absolute atomic E-state index is 13.0. The van der Waals surface area contributed by atoms with Gasteiger partial charge in [0, 0.05) is 11.8 Å². The molecular formula is C23H24O8. The second-order valence-electron chi connectivity index (χ2n) is 7.86. The normalized spacial score (nSPS) is 25.9. The second-order valence-corrected chi connectivity index (χ2v) is 7.86. The molecule has 0 amide bonds. The lowest BCUT2D eigenvalue weighted by Crippen LogP contribution is -2.43. The summed E-state index contributed by atoms with van der Waals surface area (Å²) in [6.45, 7) is 0.414. The van der Waals surface area contributed by atoms with Gasteiger partial charge in [0.2, 0.25) is 12.5 Å². The van der Waals surface area contributed by atoms with Gasteiger partial charge in [-0.05, 0) is 47.4 Å². The number of aliphatic hydroxyl groups is 1. The third-order valence-electron chi connectivity index (χ3n) is 6.47. The number of ether oxygens (including phenoxy) is 6. The van der Waals surface area contributed by atoms with Crippen molar-refractivity contribution >= 4 is 5.97 Å². The number of fused-ring (bicyclic) bond motifs is 3. The summed E-state index contributed by atoms with van der Waals surface area (Å²) < 4.78 is 33.1. The van der Waals surface area contributed by atoms with Crippen LogP contribution in [0.5, 0.6) is 28.7 Å². The molecule has 0 aromatic heterocycles. The number of hydrogen-bond acceptors (Lipinski definition) is 8. The van der Waals surface area contributed by atoms with Crippen molar-refractivity contribution in [3.05, 3.63) is 41.0 Å². The zero-order valence-corrected chi connectivity index (χ0v) is 17.5. The fraction of sp³-hybridized carbons (Fsp3) is 0.435. The maximum Gasteiger partial charge on any atom is 0.310 e. The van der Waals surface area contributed by atoms with Gasteiger partial charge in [-0.3, -0.25) is 4.79 Å². The average molecular weight is 428 g/mol. The molecule has 1 fully saturated rings. The van der Waals surface area contributed by atoms with Gasteiger partial charge >= 0.3 is 5.97 Å². The van der Waals surface area contributed by atoms with Crippen LogP contribution in [-0.2, 0) is 9.53 Å². The van der Waals surface area contributed by atoms with Gasteiger partial charge in [-0.25, -0.2) is 0 Å². The molecule has 2 heterocycles. The van der Waals surface area contributed by atoms with Gasteiger partial charge in [0.15, 0.2) is 23.0 Å². The van der Waals surface area contributed by atoms with Gasteiger partial charge in [0.1, 0.15) is 0 Å². The Kier molecular flexibility index (Phi) is 4.81. The predicted molar refractivity (Wildman–Crippen MR) is 108 cm³/mol. The largest absolute Gasteiger partial charge is 0.493 e. The molecule has 4 atom stereocenters. The number of hydrogen-bond donors (Lipinski definition) is 1. The van der Waals surface area contributed by atoms with Gasteiger partial charge in [-0.1, -0.05) is 0 Å². The van der Waals surface area contributed by atoms with E-state index in [1.54, 1.807) is 21.3 Å². The van der Waals surface area contributed by atoms with E-state index in [2.05, 4.69) is 0 Å². The SMILES string of the molecule is COc1cc([C@@H]2c3cc4c(cc3[C@H](O)[C@H]3CCOC(=O)[C@@H]23)OCO4)cc(OC)c1OC. The van der Waals surface area contributed by atoms with Crippen molar-refractivity contribution in [2.45, 2.75) is 18.4 Å². The Hall–Kier alpha value is -3.13. The fourth-order valence-electron chi connectivity index (χ4n) is 5.07. The zero-order valence-electron chi connectivity index (χ0n) is 17.5. The fourth-order valence-corrected chi connectivity index (χ4v) is 5.07. The third kappa shape index (κ3) is 2.96. The quantitative estimate of drug-likeness (QED) is 0.744. The first-order valence-corrected chi connectivity index (χ1v) is 10.2. The van der Waals surface area contributed by atoms with Crippen LogP contribution in [0.2, 0.25) is 0 Å². The van der Waals surface area contributed by atoms with E-state index in [4.69, 9.17) is 28.4 Å². The monoisotopic (exact) mass is 428 g/mol. The van der Waals surface area contributed by atoms with Crippen LogP contribution < -0.4 is 23.7 Å². The van der Waals surface area contributed by atoms with Gasteiger partial charge in [0.25, 0.3) is 0 Å². The van der Waals surface area contributed by atoms with Crippen LogP contribution in [0.15, 0.2) is 24.3 Å². The molecule has 2 aromatic carbocycles. The van der Waals surface area contributed by atoms with Crippen LogP contribution in [0.25, 0.3) is 0 Å². The van der Waals surface area contributed by atoms with Crippen LogP contribution in [-0.4, -0.2) is 45.8 Å². The highest BCUT2D eigenvalue weighted by Crippen LogP contribution is 2.55. The summed E-state index contributed by atoms with van der Waals surface area (Å²) in [6.07, 6.45) is -0.229. The summed E-state index contributed by atoms with van der Waals surface area (Å²) in [5.41, 5.74) is 2.33. The molecule has 2 aliphatic heterocycles. The summed E-state index contributed by atoms with van der Waals surface area (Å²) in [7, 11) is 4.65. The molecule has 0 saturated carbocycles. The summed E-state index contributed by atoms with van der Waals surface area (Å²) in [5.74, 6) is 1.09. The Morgan fingerprint density at radius 3 is 2.16 bits per heavy atom. The molecule has 8 heteroatoms. The number of aliphatic hydroxyl groups excluding tert-OH is 1. The molecule has 0 radical (unpaired) electrons. The van der Waals surface area contributed by atoms with E-state index in [1.807, 2.05) is 24.3 Å². The van der Waals surface area contributed by atoms with Crippen molar-refractivity contribution in [3.8, 4) is 28.7 Å². The van der Waals surface area contributed by atoms with E-state index in [-0.39, 0.29) is 24.6 Å². The molecule has 0 unspecified atom stereocenters. The van der Waals surface area contributed by atoms with E-state index in [9.17, 15) is 9.90 Å². The topological polar surface area (TPSA) is 92.7 Å². The van der Waals surface area contributed by atoms with E-state index < -0.39 is 12.0 Å². The highest BCUT2D eigenvalue weighted by molar-refractivity contribution is 5.77. The van der Waals surface area contributed by atoms with Gasteiger partial charge in [-0.15, -0.1) is 0 Å². The third-order valence-corrected chi connectivity index (χ3v) is 6.47. The number of benzene rings is 2. The first-order chi connectivity index (χ1) is 15.1. The second kappa shape index (κ2) is 7.53. The Morgan fingerprint density at radius 2 is 1.55 bits per heavy atom. The van der Waals surface area contributed by atoms with Crippen molar-refractivity contribution in [2.24, 2.45) is 11.8 Å². The Morgan fingerprint density at radius 1 is 0.903 bits per heavy atom. The lowest BCUT2D eigenvalue weighted by molar-refractivity contribution is -0.162. The first-order valence-electron chi connectivity index (χ1n) is 10.2. The van der Waals surface area contributed by atoms with Crippen molar-refractivity contribution in [2.75, 3.05) is 34.7 Å². The Bertz CT molecular complexity index is 1010. The van der Waals surface area contributed by atoms with E-state index in [1.165, 1.54) is 0 Å². The number of esters is 1. The van der Waals surface area contributed by atoms with E-state index in [0.29, 0.717) is 41.8 Å². The molecule has 0 bridgehead atoms. The van der Waals surface area contributed by atoms with Crippen molar-refractivity contribution in [3.63, 3.8) is 0 Å². The minimum absolute atomic E-state index is 0.123. The number of cyclic esters (lactones) is 1. The maximum atomic E-state index is 13.0. The molecule has 1 saturated heterocycles. The number of rotatable bonds is 4. The van der Waals surface area contributed by atoms with Crippen molar-refractivity contribution in [1.29, 1.82) is 0 Å². The van der Waals surface area contributed by atoms with Crippen LogP contribution in [0.1, 0.15) is 35.1 Å². The summed E-state index contributed by atoms with van der Waals surface area (Å²) in [6, 6.07) is 7.37. The summed E-state index contributed by atoms with van der Waals surface area (Å²) >= 11 is 0. The van der Waals surface area contributed by atoms with Crippen LogP contribution in [0, 0.1) is 11.8 Å². The number of methoxy groups -OCH3 is 3. The molecule has 0 spiro atoms. The molecule has 5 rings (SSSR count). The molecule has 164 valence electrons. The van der Waals surface area contributed by atoms with Gasteiger partial charge in [0.05, 0.1) is 40.0 Å². The first kappa shape index (κ1) is 19.8. The smallest absolute Gasteiger partial charge is 0.310 e. The minimum Gasteiger partial charge on any atom is -0.493 e. The Labute approximate surface area is 179 Å². The highest BCUT2D eigenvalue weighted by atomic mass is 16.7. The average Bonchev–Trinajstić information content (AvgIpc) is 3.25. The van der Waals surface area contributed by atoms with E-state index >= 15 is 0 Å². The van der Waals surface area contributed by atoms with Crippen LogP contribution >= 0.6 is 0 Å². The van der Waals surface area contributed by atoms with Crippen molar-refractivity contribution < 1.29 is 38.3 Å².